The van der Waals surface area contributed by atoms with Gasteiger partial charge < -0.3 is 15.4 Å². The molecule has 0 heterocycles. The smallest absolute Gasteiger partial charge is 0.191 e. The minimum Gasteiger partial charge on any atom is -0.383 e. The highest BCUT2D eigenvalue weighted by Crippen LogP contribution is 2.14. The third kappa shape index (κ3) is 7.07. The molecule has 0 aliphatic rings. The molecule has 4 nitrogen and oxygen atoms in total. The predicted octanol–water partition coefficient (Wildman–Crippen LogP) is 2.52. The van der Waals surface area contributed by atoms with Gasteiger partial charge in [-0.15, -0.1) is 24.0 Å². The zero-order chi connectivity index (χ0) is 13.4. The van der Waals surface area contributed by atoms with Gasteiger partial charge >= 0.3 is 0 Å². The van der Waals surface area contributed by atoms with Crippen molar-refractivity contribution in [2.75, 3.05) is 27.3 Å². The average Bonchev–Trinajstić information content (AvgIpc) is 2.35. The van der Waals surface area contributed by atoms with Crippen molar-refractivity contribution in [1.29, 1.82) is 0 Å². The monoisotopic (exact) mass is 445 g/mol. The van der Waals surface area contributed by atoms with E-state index in [1.165, 1.54) is 6.07 Å². The molecule has 0 amide bonds. The molecule has 0 unspecified atom stereocenters. The molecule has 7 heteroatoms. The van der Waals surface area contributed by atoms with E-state index in [-0.39, 0.29) is 29.8 Å². The molecule has 0 spiro atoms. The van der Waals surface area contributed by atoms with Gasteiger partial charge in [0, 0.05) is 37.3 Å². The quantitative estimate of drug-likeness (QED) is 0.317. The molecule has 0 aliphatic carbocycles. The molecule has 2 N–H and O–H groups in total. The molecule has 0 fully saturated rings. The van der Waals surface area contributed by atoms with Crippen LogP contribution in [0.15, 0.2) is 27.7 Å². The first kappa shape index (κ1) is 18.6. The Hall–Kier alpha value is -0.410. The lowest BCUT2D eigenvalue weighted by molar-refractivity contribution is 0.203. The van der Waals surface area contributed by atoms with Crippen LogP contribution in [0.3, 0.4) is 0 Å². The van der Waals surface area contributed by atoms with Crippen molar-refractivity contribution in [1.82, 2.24) is 10.6 Å². The van der Waals surface area contributed by atoms with Gasteiger partial charge in [0.25, 0.3) is 0 Å². The first-order chi connectivity index (χ1) is 8.67. The Balaban J connectivity index is 0.00000324. The van der Waals surface area contributed by atoms with E-state index in [9.17, 15) is 4.39 Å². The number of benzene rings is 1. The number of rotatable bonds is 5. The summed E-state index contributed by atoms with van der Waals surface area (Å²) in [5.41, 5.74) is 0.591. The van der Waals surface area contributed by atoms with Gasteiger partial charge in [0.1, 0.15) is 5.82 Å². The fourth-order valence-electron chi connectivity index (χ4n) is 1.34. The Morgan fingerprint density at radius 2 is 2.16 bits per heavy atom. The summed E-state index contributed by atoms with van der Waals surface area (Å²) in [7, 11) is 3.30. The number of guanidine groups is 1. The second-order valence-electron chi connectivity index (χ2n) is 3.58. The van der Waals surface area contributed by atoms with Gasteiger partial charge in [0.2, 0.25) is 0 Å². The predicted molar refractivity (Wildman–Crippen MR) is 89.6 cm³/mol. The maximum atomic E-state index is 13.6. The zero-order valence-corrected chi connectivity index (χ0v) is 14.8. The third-order valence-electron chi connectivity index (χ3n) is 2.28. The van der Waals surface area contributed by atoms with Crippen LogP contribution in [0, 0.1) is 5.82 Å². The number of nitrogens with zero attached hydrogens (tertiary/aromatic N) is 1. The van der Waals surface area contributed by atoms with Gasteiger partial charge in [-0.1, -0.05) is 22.0 Å². The summed E-state index contributed by atoms with van der Waals surface area (Å²) in [5.74, 6) is 0.374. The number of hydrogen-bond acceptors (Lipinski definition) is 2. The number of aliphatic imine (C=N–C) groups is 1. The highest BCUT2D eigenvalue weighted by atomic mass is 127. The molecule has 108 valence electrons. The van der Waals surface area contributed by atoms with Crippen LogP contribution in [0.25, 0.3) is 0 Å². The van der Waals surface area contributed by atoms with Gasteiger partial charge in [0.05, 0.1) is 6.61 Å². The highest BCUT2D eigenvalue weighted by Gasteiger charge is 2.03. The standard InChI is InChI=1S/C12H17BrFN3O.HI/c1-15-12(16-5-6-18-2)17-8-9-3-4-10(13)7-11(9)14;/h3-4,7H,5-6,8H2,1-2H3,(H2,15,16,17);1H. The first-order valence-corrected chi connectivity index (χ1v) is 6.34. The summed E-state index contributed by atoms with van der Waals surface area (Å²) in [5, 5.41) is 6.09. The topological polar surface area (TPSA) is 45.7 Å². The van der Waals surface area contributed by atoms with E-state index < -0.39 is 0 Å². The van der Waals surface area contributed by atoms with E-state index in [1.807, 2.05) is 0 Å². The van der Waals surface area contributed by atoms with Gasteiger partial charge in [-0.3, -0.25) is 4.99 Å². The number of nitrogens with one attached hydrogen (secondary N) is 2. The highest BCUT2D eigenvalue weighted by molar-refractivity contribution is 14.0. The van der Waals surface area contributed by atoms with Crippen LogP contribution in [-0.2, 0) is 11.3 Å². The van der Waals surface area contributed by atoms with Crippen molar-refractivity contribution in [3.63, 3.8) is 0 Å². The fraction of sp³-hybridized carbons (Fsp3) is 0.417. The second kappa shape index (κ2) is 10.4. The van der Waals surface area contributed by atoms with Crippen LogP contribution in [-0.4, -0.2) is 33.3 Å². The van der Waals surface area contributed by atoms with Crippen molar-refractivity contribution in [3.05, 3.63) is 34.1 Å². The molecule has 1 rings (SSSR count). The van der Waals surface area contributed by atoms with Gasteiger partial charge in [0.15, 0.2) is 5.96 Å². The van der Waals surface area contributed by atoms with Crippen LogP contribution < -0.4 is 10.6 Å². The zero-order valence-electron chi connectivity index (χ0n) is 10.9. The molecular weight excluding hydrogens is 428 g/mol. The SMILES string of the molecule is CN=C(NCCOC)NCc1ccc(Br)cc1F.I. The van der Waals surface area contributed by atoms with Gasteiger partial charge in [-0.25, -0.2) is 4.39 Å². The van der Waals surface area contributed by atoms with Crippen molar-refractivity contribution in [2.24, 2.45) is 4.99 Å². The van der Waals surface area contributed by atoms with Crippen LogP contribution >= 0.6 is 39.9 Å². The van der Waals surface area contributed by atoms with Crippen molar-refractivity contribution in [2.45, 2.75) is 6.54 Å². The maximum absolute atomic E-state index is 13.6. The lowest BCUT2D eigenvalue weighted by Gasteiger charge is -2.12. The van der Waals surface area contributed by atoms with E-state index >= 15 is 0 Å². The Labute approximate surface area is 138 Å². The summed E-state index contributed by atoms with van der Waals surface area (Å²) >= 11 is 3.22. The Morgan fingerprint density at radius 1 is 1.42 bits per heavy atom. The molecule has 0 saturated carbocycles. The summed E-state index contributed by atoms with van der Waals surface area (Å²) < 4.78 is 19.2. The molecule has 19 heavy (non-hydrogen) atoms. The summed E-state index contributed by atoms with van der Waals surface area (Å²) in [6.45, 7) is 1.62. The Kier molecular flexibility index (Phi) is 10.2. The van der Waals surface area contributed by atoms with Crippen LogP contribution in [0.2, 0.25) is 0 Å². The minimum absolute atomic E-state index is 0. The van der Waals surface area contributed by atoms with E-state index in [2.05, 4.69) is 31.6 Å². The van der Waals surface area contributed by atoms with Crippen molar-refractivity contribution >= 4 is 45.9 Å². The summed E-state index contributed by atoms with van der Waals surface area (Å²) in [6.07, 6.45) is 0. The van der Waals surface area contributed by atoms with Crippen LogP contribution in [0.4, 0.5) is 4.39 Å². The molecular formula is C12H18BrFIN3O. The minimum atomic E-state index is -0.246. The summed E-state index contributed by atoms with van der Waals surface area (Å²) in [4.78, 5) is 4.03. The molecule has 0 radical (unpaired) electrons. The van der Waals surface area contributed by atoms with E-state index in [4.69, 9.17) is 4.74 Å². The maximum Gasteiger partial charge on any atom is 0.191 e. The molecule has 1 aromatic rings. The van der Waals surface area contributed by atoms with Crippen LogP contribution in [0.5, 0.6) is 0 Å². The summed E-state index contributed by atoms with van der Waals surface area (Å²) in [6, 6.07) is 4.98. The molecule has 0 saturated heterocycles. The van der Waals surface area contributed by atoms with Crippen molar-refractivity contribution < 1.29 is 9.13 Å². The Morgan fingerprint density at radius 3 is 2.74 bits per heavy atom. The lowest BCUT2D eigenvalue weighted by atomic mass is 10.2. The van der Waals surface area contributed by atoms with Crippen molar-refractivity contribution in [3.8, 4) is 0 Å². The number of ether oxygens (including phenoxy) is 1. The molecule has 0 aromatic heterocycles. The van der Waals surface area contributed by atoms with Gasteiger partial charge in [-0.2, -0.15) is 0 Å². The molecule has 0 atom stereocenters. The third-order valence-corrected chi connectivity index (χ3v) is 2.78. The van der Waals surface area contributed by atoms with E-state index in [0.29, 0.717) is 31.2 Å². The lowest BCUT2D eigenvalue weighted by Crippen LogP contribution is -2.38. The largest absolute Gasteiger partial charge is 0.383 e. The molecule has 1 aromatic carbocycles. The number of halogens is 3. The second-order valence-corrected chi connectivity index (χ2v) is 4.50. The normalized spacial score (nSPS) is 10.8. The van der Waals surface area contributed by atoms with E-state index in [1.54, 1.807) is 26.3 Å². The van der Waals surface area contributed by atoms with Gasteiger partial charge in [-0.05, 0) is 12.1 Å². The fourth-order valence-corrected chi connectivity index (χ4v) is 1.67. The molecule has 0 bridgehead atoms. The number of hydrogen-bond donors (Lipinski definition) is 2. The average molecular weight is 446 g/mol. The van der Waals surface area contributed by atoms with E-state index in [0.717, 1.165) is 4.47 Å². The molecule has 0 aliphatic heterocycles. The van der Waals surface area contributed by atoms with Crippen LogP contribution in [0.1, 0.15) is 5.56 Å². The first-order valence-electron chi connectivity index (χ1n) is 5.54. The number of methoxy groups -OCH3 is 1. The Bertz CT molecular complexity index is 418.